The first-order chi connectivity index (χ1) is 23.5. The van der Waals surface area contributed by atoms with Gasteiger partial charge in [-0.2, -0.15) is 10.6 Å². The van der Waals surface area contributed by atoms with Gasteiger partial charge in [-0.15, -0.1) is 0 Å². The van der Waals surface area contributed by atoms with Gasteiger partial charge in [0.1, 0.15) is 0 Å². The molecule has 1 heterocycles. The van der Waals surface area contributed by atoms with E-state index in [1.807, 2.05) is 0 Å². The van der Waals surface area contributed by atoms with Crippen LogP contribution >= 0.6 is 10.6 Å². The Bertz CT molecular complexity index is 1340. The molecule has 0 aromatic rings. The summed E-state index contributed by atoms with van der Waals surface area (Å²) >= 11 is 0. The summed E-state index contributed by atoms with van der Waals surface area (Å²) in [5, 5.41) is 13.8. The molecule has 5 saturated carbocycles. The molecule has 0 radical (unpaired) electrons. The van der Waals surface area contributed by atoms with Crippen LogP contribution in [-0.4, -0.2) is 68.3 Å². The zero-order valence-corrected chi connectivity index (χ0v) is 33.4. The summed E-state index contributed by atoms with van der Waals surface area (Å²) in [5.41, 5.74) is 4.47. The van der Waals surface area contributed by atoms with Crippen LogP contribution in [0.2, 0.25) is 0 Å². The highest BCUT2D eigenvalue weighted by molar-refractivity contribution is 8.24. The van der Waals surface area contributed by atoms with Gasteiger partial charge in [-0.25, -0.2) is 0 Å². The number of fused-ring (bicyclic) bond motifs is 7. The van der Waals surface area contributed by atoms with Crippen molar-refractivity contribution in [3.8, 4) is 0 Å². The van der Waals surface area contributed by atoms with Crippen LogP contribution in [0.25, 0.3) is 0 Å². The van der Waals surface area contributed by atoms with E-state index in [1.165, 1.54) is 69.8 Å². The van der Waals surface area contributed by atoms with Crippen LogP contribution in [0.5, 0.6) is 0 Å². The Morgan fingerprint density at radius 2 is 1.60 bits per heavy atom. The highest BCUT2D eigenvalue weighted by Crippen LogP contribution is 2.76. The van der Waals surface area contributed by atoms with Crippen LogP contribution < -0.4 is 5.32 Å². The Morgan fingerprint density at radius 1 is 0.900 bits per heavy atom. The first-order valence-corrected chi connectivity index (χ1v) is 22.6. The van der Waals surface area contributed by atoms with Gasteiger partial charge in [0, 0.05) is 31.7 Å². The molecule has 9 atom stereocenters. The van der Waals surface area contributed by atoms with Gasteiger partial charge in [0.25, 0.3) is 0 Å². The Morgan fingerprint density at radius 3 is 2.26 bits per heavy atom. The highest BCUT2D eigenvalue weighted by atomic mass is 32.3. The lowest BCUT2D eigenvalue weighted by Gasteiger charge is -2.72. The maximum atomic E-state index is 11.6. The second-order valence-electron chi connectivity index (χ2n) is 20.2. The summed E-state index contributed by atoms with van der Waals surface area (Å²) in [5.74, 6) is 4.42. The van der Waals surface area contributed by atoms with Gasteiger partial charge in [0.05, 0.1) is 17.4 Å². The SMILES string of the molecule is C=C(C)[C@@H]1CC[C@]2(NCCN3CCS(O)(O)CC3)CC[C@]3(C)[C@H](CC[C@@H]4[C@@]5(C)CC=C(CC6CCC(C(=O)O)CC6)C(C)(C)[C@@H]5CC[C@]43C)[C@@H]12. The quantitative estimate of drug-likeness (QED) is 0.187. The lowest BCUT2D eigenvalue weighted by Crippen LogP contribution is -2.68. The summed E-state index contributed by atoms with van der Waals surface area (Å²) < 4.78 is 20.3. The van der Waals surface area contributed by atoms with Gasteiger partial charge < -0.3 is 10.4 Å². The second kappa shape index (κ2) is 13.2. The topological polar surface area (TPSA) is 93.0 Å². The van der Waals surface area contributed by atoms with Crippen molar-refractivity contribution in [1.29, 1.82) is 0 Å². The summed E-state index contributed by atoms with van der Waals surface area (Å²) in [6, 6.07) is 0. The zero-order chi connectivity index (χ0) is 35.9. The predicted octanol–water partition coefficient (Wildman–Crippen LogP) is 9.87. The third-order valence-electron chi connectivity index (χ3n) is 17.9. The standard InChI is InChI=1S/C43H72N2O4S/c1-29(2)33-15-19-43(44-22-23-45-24-26-50(48,49)27-25-45)21-20-41(6)34(37(33)43)12-13-36-40(5)17-14-32(28-30-8-10-31(11-9-30)38(46)47)39(3,4)35(40)16-18-42(36,41)7/h14,30-31,33-37,44,48-49H,1,8-13,15-28H2,2-7H3,(H,46,47)/t30?,31?,33-,34+,35-,36+,37+,40-,41+,42+,43-/m0/s1. The van der Waals surface area contributed by atoms with E-state index >= 15 is 0 Å². The van der Waals surface area contributed by atoms with E-state index in [4.69, 9.17) is 0 Å². The van der Waals surface area contributed by atoms with Crippen molar-refractivity contribution in [2.75, 3.05) is 37.7 Å². The third-order valence-corrected chi connectivity index (χ3v) is 19.6. The normalized spacial score (nSPS) is 47.5. The molecule has 0 unspecified atom stereocenters. The van der Waals surface area contributed by atoms with Crippen molar-refractivity contribution >= 4 is 16.6 Å². The molecule has 0 bridgehead atoms. The molecular weight excluding hydrogens is 641 g/mol. The molecule has 0 amide bonds. The summed E-state index contributed by atoms with van der Waals surface area (Å²) in [6.45, 7) is 23.9. The largest absolute Gasteiger partial charge is 0.481 e. The minimum atomic E-state index is -2.35. The number of hydrogen-bond acceptors (Lipinski definition) is 5. The number of carbonyl (C=O) groups is 1. The van der Waals surface area contributed by atoms with E-state index in [-0.39, 0.29) is 16.9 Å². The lowest BCUT2D eigenvalue weighted by atomic mass is 9.33. The van der Waals surface area contributed by atoms with Crippen LogP contribution in [0.4, 0.5) is 0 Å². The second-order valence-corrected chi connectivity index (χ2v) is 22.7. The molecule has 7 heteroatoms. The number of allylic oxidation sites excluding steroid dienone is 3. The first-order valence-electron chi connectivity index (χ1n) is 20.7. The summed E-state index contributed by atoms with van der Waals surface area (Å²) in [6.07, 6.45) is 19.5. The maximum absolute atomic E-state index is 11.6. The maximum Gasteiger partial charge on any atom is 0.306 e. The third kappa shape index (κ3) is 6.02. The fraction of sp³-hybridized carbons (Fsp3) is 0.884. The van der Waals surface area contributed by atoms with Crippen molar-refractivity contribution in [2.24, 2.45) is 63.1 Å². The minimum absolute atomic E-state index is 0.127. The van der Waals surface area contributed by atoms with E-state index in [0.717, 1.165) is 63.7 Å². The van der Waals surface area contributed by atoms with E-state index < -0.39 is 16.6 Å². The number of nitrogens with one attached hydrogen (secondary N) is 1. The zero-order valence-electron chi connectivity index (χ0n) is 32.6. The number of aliphatic carboxylic acids is 1. The molecule has 0 spiro atoms. The lowest BCUT2D eigenvalue weighted by molar-refractivity contribution is -0.221. The molecule has 6 fully saturated rings. The average molecular weight is 713 g/mol. The van der Waals surface area contributed by atoms with Crippen LogP contribution in [0.3, 0.4) is 0 Å². The van der Waals surface area contributed by atoms with Crippen molar-refractivity contribution in [1.82, 2.24) is 10.2 Å². The Hall–Kier alpha value is -0.860. The van der Waals surface area contributed by atoms with E-state index in [2.05, 4.69) is 64.4 Å². The van der Waals surface area contributed by atoms with E-state index in [9.17, 15) is 19.0 Å². The van der Waals surface area contributed by atoms with Crippen molar-refractivity contribution < 1.29 is 19.0 Å². The van der Waals surface area contributed by atoms with Gasteiger partial charge in [0.2, 0.25) is 0 Å². The number of rotatable bonds is 8. The van der Waals surface area contributed by atoms with Crippen LogP contribution in [0, 0.1) is 63.1 Å². The average Bonchev–Trinajstić information content (AvgIpc) is 3.44. The van der Waals surface area contributed by atoms with Gasteiger partial charge >= 0.3 is 5.97 Å². The molecule has 1 saturated heterocycles. The molecule has 4 N–H and O–H groups in total. The van der Waals surface area contributed by atoms with Gasteiger partial charge in [-0.1, -0.05) is 58.4 Å². The molecule has 50 heavy (non-hydrogen) atoms. The van der Waals surface area contributed by atoms with Crippen molar-refractivity contribution in [3.63, 3.8) is 0 Å². The number of nitrogens with zero attached hydrogens (tertiary/aromatic N) is 1. The molecule has 0 aromatic carbocycles. The Kier molecular flexibility index (Phi) is 9.86. The van der Waals surface area contributed by atoms with E-state index in [1.54, 1.807) is 5.57 Å². The smallest absolute Gasteiger partial charge is 0.306 e. The van der Waals surface area contributed by atoms with Gasteiger partial charge in [-0.05, 0) is 154 Å². The predicted molar refractivity (Wildman–Crippen MR) is 207 cm³/mol. The van der Waals surface area contributed by atoms with Crippen LogP contribution in [-0.2, 0) is 4.79 Å². The van der Waals surface area contributed by atoms with Crippen LogP contribution in [0.1, 0.15) is 131 Å². The minimum Gasteiger partial charge on any atom is -0.481 e. The van der Waals surface area contributed by atoms with Gasteiger partial charge in [-0.3, -0.25) is 18.8 Å². The molecule has 6 nitrogen and oxygen atoms in total. The number of carboxylic acid groups (broad SMARTS) is 1. The summed E-state index contributed by atoms with van der Waals surface area (Å²) in [4.78, 5) is 14.0. The van der Waals surface area contributed by atoms with Gasteiger partial charge in [0.15, 0.2) is 0 Å². The molecule has 284 valence electrons. The van der Waals surface area contributed by atoms with Crippen molar-refractivity contribution in [2.45, 2.75) is 137 Å². The fourth-order valence-electron chi connectivity index (χ4n) is 14.8. The first kappa shape index (κ1) is 37.5. The molecule has 6 aliphatic carbocycles. The Labute approximate surface area is 306 Å². The van der Waals surface area contributed by atoms with Crippen molar-refractivity contribution in [3.05, 3.63) is 23.8 Å². The fourth-order valence-corrected chi connectivity index (χ4v) is 16.1. The number of carboxylic acids is 1. The van der Waals surface area contributed by atoms with Crippen LogP contribution in [0.15, 0.2) is 23.8 Å². The molecule has 7 aliphatic rings. The van der Waals surface area contributed by atoms with E-state index in [0.29, 0.717) is 51.4 Å². The molecular formula is C43H72N2O4S. The molecule has 0 aromatic heterocycles. The molecule has 7 rings (SSSR count). The monoisotopic (exact) mass is 713 g/mol. The Balaban J connectivity index is 1.09. The summed E-state index contributed by atoms with van der Waals surface area (Å²) in [7, 11) is -2.35. The highest BCUT2D eigenvalue weighted by Gasteiger charge is 2.70. The number of hydrogen-bond donors (Lipinski definition) is 4. The molecule has 1 aliphatic heterocycles.